The molecule has 2 heterocycles. The Morgan fingerprint density at radius 3 is 3.19 bits per heavy atom. The molecule has 1 atom stereocenters. The molecule has 3 nitrogen and oxygen atoms in total. The van der Waals surface area contributed by atoms with Crippen LogP contribution in [-0.4, -0.2) is 36.2 Å². The van der Waals surface area contributed by atoms with Crippen molar-refractivity contribution in [1.82, 2.24) is 10.2 Å². The van der Waals surface area contributed by atoms with Gasteiger partial charge in [0.05, 0.1) is 5.75 Å². The highest BCUT2D eigenvalue weighted by Gasteiger charge is 2.32. The molecule has 0 spiro atoms. The molecular weight excluding hydrogens is 240 g/mol. The highest BCUT2D eigenvalue weighted by Crippen LogP contribution is 2.38. The Hall–Kier alpha value is -0.520. The minimum absolute atomic E-state index is 0.234. The van der Waals surface area contributed by atoms with Gasteiger partial charge in [0.25, 0.3) is 0 Å². The van der Waals surface area contributed by atoms with E-state index >= 15 is 0 Å². The average molecular weight is 256 g/mol. The number of hydrogen-bond acceptors (Lipinski definition) is 4. The topological polar surface area (TPSA) is 32.3 Å². The molecule has 16 heavy (non-hydrogen) atoms. The molecule has 0 unspecified atom stereocenters. The molecule has 1 amide bonds. The van der Waals surface area contributed by atoms with Crippen molar-refractivity contribution in [1.29, 1.82) is 0 Å². The van der Waals surface area contributed by atoms with Gasteiger partial charge in [-0.25, -0.2) is 0 Å². The summed E-state index contributed by atoms with van der Waals surface area (Å²) in [5.74, 6) is 0.881. The molecule has 1 aliphatic rings. The van der Waals surface area contributed by atoms with E-state index in [0.29, 0.717) is 5.75 Å². The van der Waals surface area contributed by atoms with E-state index in [1.54, 1.807) is 23.1 Å². The molecule has 0 aliphatic carbocycles. The van der Waals surface area contributed by atoms with E-state index in [4.69, 9.17) is 0 Å². The maximum Gasteiger partial charge on any atom is 0.233 e. The molecule has 1 aromatic heterocycles. The summed E-state index contributed by atoms with van der Waals surface area (Å²) in [6, 6.07) is 2.11. The van der Waals surface area contributed by atoms with Crippen molar-refractivity contribution in [3.63, 3.8) is 0 Å². The Balaban J connectivity index is 1.99. The zero-order chi connectivity index (χ0) is 11.4. The lowest BCUT2D eigenvalue weighted by Gasteiger charge is -2.23. The zero-order valence-corrected chi connectivity index (χ0v) is 10.9. The molecule has 0 bridgehead atoms. The van der Waals surface area contributed by atoms with Crippen molar-refractivity contribution < 1.29 is 4.79 Å². The van der Waals surface area contributed by atoms with Gasteiger partial charge in [0.15, 0.2) is 0 Å². The second-order valence-corrected chi connectivity index (χ2v) is 5.51. The normalized spacial score (nSPS) is 20.7. The van der Waals surface area contributed by atoms with E-state index in [9.17, 15) is 4.79 Å². The molecule has 1 fully saturated rings. The van der Waals surface area contributed by atoms with Gasteiger partial charge in [-0.15, -0.1) is 11.8 Å². The molecule has 2 rings (SSSR count). The largest absolute Gasteiger partial charge is 0.325 e. The van der Waals surface area contributed by atoms with Crippen LogP contribution in [0.15, 0.2) is 16.8 Å². The van der Waals surface area contributed by atoms with Gasteiger partial charge >= 0.3 is 0 Å². The number of rotatable bonds is 5. The number of likely N-dealkylation sites (N-methyl/N-ethyl adjacent to an activating group) is 1. The van der Waals surface area contributed by atoms with Crippen LogP contribution >= 0.6 is 23.1 Å². The lowest BCUT2D eigenvalue weighted by Crippen LogP contribution is -2.34. The predicted octanol–water partition coefficient (Wildman–Crippen LogP) is 1.93. The van der Waals surface area contributed by atoms with E-state index in [-0.39, 0.29) is 11.3 Å². The summed E-state index contributed by atoms with van der Waals surface area (Å²) in [7, 11) is 0. The lowest BCUT2D eigenvalue weighted by molar-refractivity contribution is -0.128. The van der Waals surface area contributed by atoms with Crippen LogP contribution in [0.3, 0.4) is 0 Å². The first-order chi connectivity index (χ1) is 7.83. The molecular formula is C11H16N2OS2. The fourth-order valence-electron chi connectivity index (χ4n) is 1.76. The Morgan fingerprint density at radius 2 is 2.50 bits per heavy atom. The first kappa shape index (κ1) is 12.0. The Morgan fingerprint density at radius 1 is 1.62 bits per heavy atom. The molecule has 1 aromatic rings. The van der Waals surface area contributed by atoms with E-state index in [1.165, 1.54) is 5.56 Å². The van der Waals surface area contributed by atoms with Crippen LogP contribution in [0.5, 0.6) is 0 Å². The van der Waals surface area contributed by atoms with Gasteiger partial charge in [-0.3, -0.25) is 4.79 Å². The minimum atomic E-state index is 0.234. The molecule has 0 aromatic carbocycles. The standard InChI is InChI=1S/C11H16N2OS2/c1-2-12-4-5-13-10(14)8-16-11(13)9-3-6-15-7-9/h3,6-7,11-12H,2,4-5,8H2,1H3/t11-/m1/s1. The second-order valence-electron chi connectivity index (χ2n) is 3.66. The van der Waals surface area contributed by atoms with Gasteiger partial charge in [0, 0.05) is 13.1 Å². The SMILES string of the molecule is CCNCCN1C(=O)CS[C@@H]1c1ccsc1. The minimum Gasteiger partial charge on any atom is -0.325 e. The Bertz CT molecular complexity index is 340. The molecule has 1 N–H and O–H groups in total. The third-order valence-corrected chi connectivity index (χ3v) is 4.53. The van der Waals surface area contributed by atoms with Crippen LogP contribution in [0.25, 0.3) is 0 Å². The molecule has 1 aliphatic heterocycles. The summed E-state index contributed by atoms with van der Waals surface area (Å²) in [5, 5.41) is 7.70. The molecule has 1 saturated heterocycles. The summed E-state index contributed by atoms with van der Waals surface area (Å²) in [5.41, 5.74) is 1.26. The smallest absolute Gasteiger partial charge is 0.233 e. The molecule has 0 saturated carbocycles. The number of thioether (sulfide) groups is 1. The fraction of sp³-hybridized carbons (Fsp3) is 0.545. The monoisotopic (exact) mass is 256 g/mol. The number of carbonyl (C=O) groups excluding carboxylic acids is 1. The van der Waals surface area contributed by atoms with Gasteiger partial charge in [-0.05, 0) is 28.9 Å². The maximum absolute atomic E-state index is 11.8. The van der Waals surface area contributed by atoms with Gasteiger partial charge < -0.3 is 10.2 Å². The van der Waals surface area contributed by atoms with E-state index in [1.807, 2.05) is 4.90 Å². The van der Waals surface area contributed by atoms with Gasteiger partial charge in [-0.1, -0.05) is 6.92 Å². The van der Waals surface area contributed by atoms with Crippen LogP contribution in [-0.2, 0) is 4.79 Å². The van der Waals surface area contributed by atoms with Gasteiger partial charge in [0.1, 0.15) is 5.37 Å². The number of nitrogens with zero attached hydrogens (tertiary/aromatic N) is 1. The van der Waals surface area contributed by atoms with Crippen LogP contribution < -0.4 is 5.32 Å². The summed E-state index contributed by atoms with van der Waals surface area (Å²) >= 11 is 3.42. The predicted molar refractivity (Wildman–Crippen MR) is 69.8 cm³/mol. The van der Waals surface area contributed by atoms with Crippen molar-refractivity contribution >= 4 is 29.0 Å². The molecule has 5 heteroatoms. The van der Waals surface area contributed by atoms with Crippen molar-refractivity contribution in [3.05, 3.63) is 22.4 Å². The highest BCUT2D eigenvalue weighted by atomic mass is 32.2. The summed E-state index contributed by atoms with van der Waals surface area (Å²) < 4.78 is 0. The number of thiophene rings is 1. The summed E-state index contributed by atoms with van der Waals surface area (Å²) in [6.45, 7) is 4.72. The number of nitrogens with one attached hydrogen (secondary N) is 1. The number of amides is 1. The van der Waals surface area contributed by atoms with Gasteiger partial charge in [0.2, 0.25) is 5.91 Å². The third kappa shape index (κ3) is 2.59. The van der Waals surface area contributed by atoms with Crippen molar-refractivity contribution in [2.45, 2.75) is 12.3 Å². The number of hydrogen-bond donors (Lipinski definition) is 1. The summed E-state index contributed by atoms with van der Waals surface area (Å²) in [4.78, 5) is 13.7. The van der Waals surface area contributed by atoms with Crippen LogP contribution in [0.1, 0.15) is 17.9 Å². The quantitative estimate of drug-likeness (QED) is 0.817. The van der Waals surface area contributed by atoms with Crippen molar-refractivity contribution in [2.24, 2.45) is 0 Å². The van der Waals surface area contributed by atoms with Crippen LogP contribution in [0.2, 0.25) is 0 Å². The van der Waals surface area contributed by atoms with E-state index in [2.05, 4.69) is 29.1 Å². The van der Waals surface area contributed by atoms with Crippen molar-refractivity contribution in [3.8, 4) is 0 Å². The van der Waals surface area contributed by atoms with Crippen LogP contribution in [0, 0.1) is 0 Å². The Kier molecular flexibility index (Phi) is 4.26. The number of carbonyl (C=O) groups is 1. The zero-order valence-electron chi connectivity index (χ0n) is 9.31. The average Bonchev–Trinajstić information content (AvgIpc) is 2.89. The second kappa shape index (κ2) is 5.70. The van der Waals surface area contributed by atoms with Crippen molar-refractivity contribution in [2.75, 3.05) is 25.4 Å². The van der Waals surface area contributed by atoms with E-state index < -0.39 is 0 Å². The highest BCUT2D eigenvalue weighted by molar-refractivity contribution is 8.00. The summed E-state index contributed by atoms with van der Waals surface area (Å²) in [6.07, 6.45) is 0. The maximum atomic E-state index is 11.8. The fourth-order valence-corrected chi connectivity index (χ4v) is 3.74. The van der Waals surface area contributed by atoms with Crippen LogP contribution in [0.4, 0.5) is 0 Å². The third-order valence-electron chi connectivity index (χ3n) is 2.58. The first-order valence-electron chi connectivity index (χ1n) is 5.47. The molecule has 0 radical (unpaired) electrons. The first-order valence-corrected chi connectivity index (χ1v) is 7.46. The van der Waals surface area contributed by atoms with Gasteiger partial charge in [-0.2, -0.15) is 11.3 Å². The lowest BCUT2D eigenvalue weighted by atomic mass is 10.3. The Labute approximate surface area is 104 Å². The molecule has 88 valence electrons. The van der Waals surface area contributed by atoms with E-state index in [0.717, 1.165) is 19.6 Å².